The van der Waals surface area contributed by atoms with Gasteiger partial charge in [0.25, 0.3) is 0 Å². The van der Waals surface area contributed by atoms with Gasteiger partial charge in [-0.25, -0.2) is 9.59 Å². The summed E-state index contributed by atoms with van der Waals surface area (Å²) in [5, 5.41) is 9.43. The molecule has 1 fully saturated rings. The Hall–Kier alpha value is -2.82. The van der Waals surface area contributed by atoms with Crippen LogP contribution in [0.2, 0.25) is 0 Å². The molecule has 2 atom stereocenters. The molecule has 0 radical (unpaired) electrons. The van der Waals surface area contributed by atoms with Gasteiger partial charge < -0.3 is 9.84 Å². The van der Waals surface area contributed by atoms with Gasteiger partial charge in [-0.2, -0.15) is 0 Å². The second-order valence-corrected chi connectivity index (χ2v) is 7.49. The lowest BCUT2D eigenvalue weighted by atomic mass is 9.94. The smallest absolute Gasteiger partial charge is 0.410 e. The van der Waals surface area contributed by atoms with E-state index in [2.05, 4.69) is 24.3 Å². The first-order chi connectivity index (χ1) is 13.1. The molecule has 1 amide bonds. The maximum absolute atomic E-state index is 12.7. The Balaban J connectivity index is 1.53. The molecule has 1 aliphatic carbocycles. The number of nitrogens with zero attached hydrogens (tertiary/aromatic N) is 1. The van der Waals surface area contributed by atoms with E-state index in [1.807, 2.05) is 31.2 Å². The van der Waals surface area contributed by atoms with E-state index in [0.29, 0.717) is 13.0 Å². The van der Waals surface area contributed by atoms with Crippen molar-refractivity contribution in [2.75, 3.05) is 13.2 Å². The fourth-order valence-corrected chi connectivity index (χ4v) is 4.29. The number of likely N-dealkylation sites (tertiary alicyclic amines) is 1. The number of hydrogen-bond donors (Lipinski definition) is 1. The van der Waals surface area contributed by atoms with Crippen molar-refractivity contribution in [1.82, 2.24) is 4.90 Å². The molecule has 2 aromatic rings. The van der Waals surface area contributed by atoms with E-state index in [-0.39, 0.29) is 18.4 Å². The van der Waals surface area contributed by atoms with Crippen LogP contribution < -0.4 is 0 Å². The van der Waals surface area contributed by atoms with Gasteiger partial charge in [0, 0.05) is 12.5 Å². The van der Waals surface area contributed by atoms with Crippen molar-refractivity contribution in [3.05, 3.63) is 59.7 Å². The van der Waals surface area contributed by atoms with Gasteiger partial charge in [-0.05, 0) is 41.0 Å². The summed E-state index contributed by atoms with van der Waals surface area (Å²) in [6.45, 7) is 2.67. The standard InChI is InChI=1S/C22H23NO4/c1-14-10-11-20(21(24)25)23(12-14)22(26)27-13-19-17-8-4-2-6-15(17)16-7-3-5-9-18(16)19/h2-9,14,19-20H,10-13H2,1H3,(H,24,25)/t14-,20-/m0/s1. The number of rotatable bonds is 3. The average Bonchev–Trinajstić information content (AvgIpc) is 3.00. The molecule has 0 unspecified atom stereocenters. The van der Waals surface area contributed by atoms with Crippen LogP contribution in [0.3, 0.4) is 0 Å². The number of aliphatic carboxylic acids is 1. The predicted octanol–water partition coefficient (Wildman–Crippen LogP) is 4.12. The maximum atomic E-state index is 12.7. The van der Waals surface area contributed by atoms with E-state index < -0.39 is 18.1 Å². The van der Waals surface area contributed by atoms with E-state index in [1.54, 1.807) is 0 Å². The molecule has 2 aromatic carbocycles. The molecule has 0 bridgehead atoms. The van der Waals surface area contributed by atoms with E-state index in [4.69, 9.17) is 4.74 Å². The summed E-state index contributed by atoms with van der Waals surface area (Å²) in [7, 11) is 0. The molecule has 5 heteroatoms. The Morgan fingerprint density at radius 3 is 2.22 bits per heavy atom. The Bertz CT molecular complexity index is 833. The highest BCUT2D eigenvalue weighted by Crippen LogP contribution is 2.44. The van der Waals surface area contributed by atoms with Gasteiger partial charge in [0.2, 0.25) is 0 Å². The number of fused-ring (bicyclic) bond motifs is 3. The molecule has 140 valence electrons. The van der Waals surface area contributed by atoms with Crippen molar-refractivity contribution in [3.8, 4) is 11.1 Å². The minimum atomic E-state index is -0.963. The third-order valence-corrected chi connectivity index (χ3v) is 5.67. The molecule has 2 aliphatic rings. The third kappa shape index (κ3) is 3.18. The molecule has 1 saturated heterocycles. The summed E-state index contributed by atoms with van der Waals surface area (Å²) in [6.07, 6.45) is 0.751. The quantitative estimate of drug-likeness (QED) is 0.888. The van der Waals surface area contributed by atoms with Crippen LogP contribution in [0.4, 0.5) is 4.79 Å². The van der Waals surface area contributed by atoms with Gasteiger partial charge in [0.15, 0.2) is 0 Å². The third-order valence-electron chi connectivity index (χ3n) is 5.67. The van der Waals surface area contributed by atoms with Crippen molar-refractivity contribution in [2.45, 2.75) is 31.7 Å². The van der Waals surface area contributed by atoms with Gasteiger partial charge in [-0.15, -0.1) is 0 Å². The van der Waals surface area contributed by atoms with Gasteiger partial charge in [-0.1, -0.05) is 55.5 Å². The normalized spacial score (nSPS) is 21.4. The van der Waals surface area contributed by atoms with Crippen molar-refractivity contribution in [3.63, 3.8) is 0 Å². The number of benzene rings is 2. The van der Waals surface area contributed by atoms with E-state index in [0.717, 1.165) is 17.5 Å². The van der Waals surface area contributed by atoms with Crippen molar-refractivity contribution >= 4 is 12.1 Å². The largest absolute Gasteiger partial charge is 0.480 e. The summed E-state index contributed by atoms with van der Waals surface area (Å²) < 4.78 is 5.63. The predicted molar refractivity (Wildman–Crippen MR) is 102 cm³/mol. The Morgan fingerprint density at radius 2 is 1.63 bits per heavy atom. The molecule has 27 heavy (non-hydrogen) atoms. The van der Waals surface area contributed by atoms with Crippen LogP contribution in [0.1, 0.15) is 36.8 Å². The number of carboxylic acid groups (broad SMARTS) is 1. The van der Waals surface area contributed by atoms with E-state index >= 15 is 0 Å². The summed E-state index contributed by atoms with van der Waals surface area (Å²) in [6, 6.07) is 15.5. The van der Waals surface area contributed by atoms with E-state index in [9.17, 15) is 14.7 Å². The van der Waals surface area contributed by atoms with Crippen LogP contribution in [-0.2, 0) is 9.53 Å². The molecule has 0 aromatic heterocycles. The number of hydrogen-bond acceptors (Lipinski definition) is 3. The van der Waals surface area contributed by atoms with Gasteiger partial charge in [0.05, 0.1) is 0 Å². The first-order valence-corrected chi connectivity index (χ1v) is 9.40. The van der Waals surface area contributed by atoms with Gasteiger partial charge in [0.1, 0.15) is 12.6 Å². The monoisotopic (exact) mass is 365 g/mol. The average molecular weight is 365 g/mol. The Labute approximate surface area is 158 Å². The topological polar surface area (TPSA) is 66.8 Å². The molecule has 1 heterocycles. The number of ether oxygens (including phenoxy) is 1. The number of carbonyl (C=O) groups is 2. The first kappa shape index (κ1) is 17.6. The maximum Gasteiger partial charge on any atom is 0.410 e. The van der Waals surface area contributed by atoms with Crippen molar-refractivity contribution in [1.29, 1.82) is 0 Å². The molecular formula is C22H23NO4. The zero-order valence-corrected chi connectivity index (χ0v) is 15.3. The fourth-order valence-electron chi connectivity index (χ4n) is 4.29. The minimum Gasteiger partial charge on any atom is -0.480 e. The van der Waals surface area contributed by atoms with Crippen LogP contribution in [-0.4, -0.2) is 41.3 Å². The lowest BCUT2D eigenvalue weighted by Crippen LogP contribution is -2.50. The highest BCUT2D eigenvalue weighted by atomic mass is 16.6. The van der Waals surface area contributed by atoms with Gasteiger partial charge >= 0.3 is 12.1 Å². The lowest BCUT2D eigenvalue weighted by molar-refractivity contribution is -0.144. The zero-order chi connectivity index (χ0) is 19.0. The second-order valence-electron chi connectivity index (χ2n) is 7.49. The molecule has 0 spiro atoms. The van der Waals surface area contributed by atoms with Gasteiger partial charge in [-0.3, -0.25) is 4.90 Å². The molecule has 5 nitrogen and oxygen atoms in total. The Kier molecular flexibility index (Phi) is 4.60. The van der Waals surface area contributed by atoms with Crippen LogP contribution in [0.5, 0.6) is 0 Å². The Morgan fingerprint density at radius 1 is 1.04 bits per heavy atom. The van der Waals surface area contributed by atoms with Crippen LogP contribution in [0.25, 0.3) is 11.1 Å². The molecule has 1 aliphatic heterocycles. The molecular weight excluding hydrogens is 342 g/mol. The highest BCUT2D eigenvalue weighted by molar-refractivity contribution is 5.81. The highest BCUT2D eigenvalue weighted by Gasteiger charge is 2.36. The molecule has 1 N–H and O–H groups in total. The molecule has 0 saturated carbocycles. The zero-order valence-electron chi connectivity index (χ0n) is 15.3. The van der Waals surface area contributed by atoms with Crippen molar-refractivity contribution < 1.29 is 19.4 Å². The summed E-state index contributed by atoms with van der Waals surface area (Å²) in [5.41, 5.74) is 4.63. The SMILES string of the molecule is C[C@H]1CC[C@@H](C(=O)O)N(C(=O)OCC2c3ccccc3-c3ccccc32)C1. The van der Waals surface area contributed by atoms with Crippen LogP contribution in [0.15, 0.2) is 48.5 Å². The minimum absolute atomic E-state index is 0.0214. The number of piperidine rings is 1. The molecule has 4 rings (SSSR count). The summed E-state index contributed by atoms with van der Waals surface area (Å²) >= 11 is 0. The number of amides is 1. The van der Waals surface area contributed by atoms with Crippen LogP contribution >= 0.6 is 0 Å². The lowest BCUT2D eigenvalue weighted by Gasteiger charge is -2.35. The summed E-state index contributed by atoms with van der Waals surface area (Å²) in [4.78, 5) is 25.6. The van der Waals surface area contributed by atoms with Crippen molar-refractivity contribution in [2.24, 2.45) is 5.92 Å². The summed E-state index contributed by atoms with van der Waals surface area (Å²) in [5.74, 6) is -0.705. The first-order valence-electron chi connectivity index (χ1n) is 9.40. The number of carboxylic acids is 1. The fraction of sp³-hybridized carbons (Fsp3) is 0.364. The van der Waals surface area contributed by atoms with Crippen LogP contribution in [0, 0.1) is 5.92 Å². The number of carbonyl (C=O) groups excluding carboxylic acids is 1. The second kappa shape index (κ2) is 7.06. The van der Waals surface area contributed by atoms with E-state index in [1.165, 1.54) is 16.0 Å².